The molecular formula is C11H12ClN3O. The number of aryl methyl sites for hydroxylation is 1. The molecule has 0 saturated carbocycles. The fourth-order valence-electron chi connectivity index (χ4n) is 1.43. The first kappa shape index (κ1) is 10.8. The van der Waals surface area contributed by atoms with E-state index in [1.807, 2.05) is 13.0 Å². The minimum absolute atomic E-state index is 0.535. The number of nitrogens with two attached hydrogens (primary N) is 1. The topological polar surface area (TPSA) is 53.1 Å². The zero-order chi connectivity index (χ0) is 11.7. The highest BCUT2D eigenvalue weighted by molar-refractivity contribution is 6.32. The number of anilines is 1. The standard InChI is InChI=1S/C11H12ClN3O/c1-7-6-14-15(11(7)13)8-3-4-10(16-2)9(12)5-8/h3-6H,13H2,1-2H3. The van der Waals surface area contributed by atoms with Crippen molar-refractivity contribution in [1.82, 2.24) is 9.78 Å². The zero-order valence-electron chi connectivity index (χ0n) is 9.07. The highest BCUT2D eigenvalue weighted by Crippen LogP contribution is 2.27. The van der Waals surface area contributed by atoms with Crippen LogP contribution in [0.5, 0.6) is 5.75 Å². The van der Waals surface area contributed by atoms with Crippen LogP contribution in [0, 0.1) is 6.92 Å². The Labute approximate surface area is 98.6 Å². The molecule has 0 amide bonds. The molecule has 1 aromatic heterocycles. The van der Waals surface area contributed by atoms with Crippen LogP contribution in [0.3, 0.4) is 0 Å². The molecule has 0 atom stereocenters. The van der Waals surface area contributed by atoms with Crippen molar-refractivity contribution in [2.45, 2.75) is 6.92 Å². The van der Waals surface area contributed by atoms with Crippen molar-refractivity contribution in [3.05, 3.63) is 35.0 Å². The molecule has 0 fully saturated rings. The molecular weight excluding hydrogens is 226 g/mol. The Balaban J connectivity index is 2.49. The molecule has 1 heterocycles. The summed E-state index contributed by atoms with van der Waals surface area (Å²) in [6.45, 7) is 1.91. The van der Waals surface area contributed by atoms with Gasteiger partial charge in [-0.3, -0.25) is 0 Å². The third kappa shape index (κ3) is 1.72. The fourth-order valence-corrected chi connectivity index (χ4v) is 1.68. The number of nitrogen functional groups attached to an aromatic ring is 1. The molecule has 16 heavy (non-hydrogen) atoms. The van der Waals surface area contributed by atoms with Crippen molar-refractivity contribution in [1.29, 1.82) is 0 Å². The van der Waals surface area contributed by atoms with E-state index in [9.17, 15) is 0 Å². The van der Waals surface area contributed by atoms with E-state index in [2.05, 4.69) is 5.10 Å². The molecule has 5 heteroatoms. The molecule has 2 aromatic rings. The monoisotopic (exact) mass is 237 g/mol. The second-order valence-electron chi connectivity index (χ2n) is 3.44. The molecule has 0 unspecified atom stereocenters. The fraction of sp³-hybridized carbons (Fsp3) is 0.182. The van der Waals surface area contributed by atoms with Gasteiger partial charge in [0.2, 0.25) is 0 Å². The number of methoxy groups -OCH3 is 1. The van der Waals surface area contributed by atoms with Gasteiger partial charge in [-0.2, -0.15) is 5.10 Å². The van der Waals surface area contributed by atoms with Gasteiger partial charge in [0.1, 0.15) is 11.6 Å². The molecule has 0 aliphatic rings. The number of hydrogen-bond acceptors (Lipinski definition) is 3. The Morgan fingerprint density at radius 3 is 2.69 bits per heavy atom. The summed E-state index contributed by atoms with van der Waals surface area (Å²) in [6.07, 6.45) is 1.72. The lowest BCUT2D eigenvalue weighted by Gasteiger charge is -2.07. The van der Waals surface area contributed by atoms with Gasteiger partial charge < -0.3 is 10.5 Å². The van der Waals surface area contributed by atoms with Gasteiger partial charge in [-0.25, -0.2) is 4.68 Å². The molecule has 0 aliphatic carbocycles. The normalized spacial score (nSPS) is 10.4. The van der Waals surface area contributed by atoms with Crippen molar-refractivity contribution in [2.75, 3.05) is 12.8 Å². The van der Waals surface area contributed by atoms with Crippen molar-refractivity contribution in [3.8, 4) is 11.4 Å². The highest BCUT2D eigenvalue weighted by atomic mass is 35.5. The first-order valence-electron chi connectivity index (χ1n) is 4.77. The summed E-state index contributed by atoms with van der Waals surface area (Å²) in [5, 5.41) is 4.71. The number of ether oxygens (including phenoxy) is 1. The summed E-state index contributed by atoms with van der Waals surface area (Å²) in [4.78, 5) is 0. The molecule has 4 nitrogen and oxygen atoms in total. The van der Waals surface area contributed by atoms with Gasteiger partial charge in [0.05, 0.1) is 24.0 Å². The van der Waals surface area contributed by atoms with Crippen LogP contribution in [-0.2, 0) is 0 Å². The van der Waals surface area contributed by atoms with Crippen LogP contribution in [0.15, 0.2) is 24.4 Å². The van der Waals surface area contributed by atoms with Crippen LogP contribution in [-0.4, -0.2) is 16.9 Å². The van der Waals surface area contributed by atoms with Gasteiger partial charge in [0.15, 0.2) is 0 Å². The first-order chi connectivity index (χ1) is 7.63. The van der Waals surface area contributed by atoms with Crippen LogP contribution in [0.25, 0.3) is 5.69 Å². The summed E-state index contributed by atoms with van der Waals surface area (Å²) < 4.78 is 6.72. The number of benzene rings is 1. The Morgan fingerprint density at radius 2 is 2.19 bits per heavy atom. The Hall–Kier alpha value is -1.68. The molecule has 84 valence electrons. The Morgan fingerprint density at radius 1 is 1.44 bits per heavy atom. The molecule has 0 radical (unpaired) electrons. The van der Waals surface area contributed by atoms with E-state index in [1.54, 1.807) is 30.1 Å². The molecule has 2 N–H and O–H groups in total. The Bertz CT molecular complexity index is 522. The summed E-state index contributed by atoms with van der Waals surface area (Å²) in [5.41, 5.74) is 7.63. The molecule has 1 aromatic carbocycles. The second kappa shape index (κ2) is 4.06. The lowest BCUT2D eigenvalue weighted by atomic mass is 10.3. The van der Waals surface area contributed by atoms with Crippen LogP contribution < -0.4 is 10.5 Å². The van der Waals surface area contributed by atoms with Gasteiger partial charge in [0, 0.05) is 5.56 Å². The average Bonchev–Trinajstić information content (AvgIpc) is 2.60. The van der Waals surface area contributed by atoms with Gasteiger partial charge in [-0.15, -0.1) is 0 Å². The van der Waals surface area contributed by atoms with E-state index in [-0.39, 0.29) is 0 Å². The van der Waals surface area contributed by atoms with E-state index in [4.69, 9.17) is 22.1 Å². The van der Waals surface area contributed by atoms with Gasteiger partial charge in [-0.1, -0.05) is 11.6 Å². The maximum atomic E-state index is 6.03. The molecule has 0 spiro atoms. The second-order valence-corrected chi connectivity index (χ2v) is 3.85. The summed E-state index contributed by atoms with van der Waals surface area (Å²) in [6, 6.07) is 5.41. The van der Waals surface area contributed by atoms with Gasteiger partial charge in [-0.05, 0) is 25.1 Å². The lowest BCUT2D eigenvalue weighted by molar-refractivity contribution is 0.415. The molecule has 0 aliphatic heterocycles. The number of nitrogens with zero attached hydrogens (tertiary/aromatic N) is 2. The lowest BCUT2D eigenvalue weighted by Crippen LogP contribution is -2.02. The van der Waals surface area contributed by atoms with E-state index >= 15 is 0 Å². The van der Waals surface area contributed by atoms with Crippen molar-refractivity contribution in [2.24, 2.45) is 0 Å². The molecule has 2 rings (SSSR count). The first-order valence-corrected chi connectivity index (χ1v) is 5.15. The van der Waals surface area contributed by atoms with Gasteiger partial charge >= 0.3 is 0 Å². The number of aromatic nitrogens is 2. The number of rotatable bonds is 2. The quantitative estimate of drug-likeness (QED) is 0.873. The smallest absolute Gasteiger partial charge is 0.137 e. The van der Waals surface area contributed by atoms with E-state index in [1.165, 1.54) is 0 Å². The maximum Gasteiger partial charge on any atom is 0.137 e. The van der Waals surface area contributed by atoms with Crippen LogP contribution in [0.2, 0.25) is 5.02 Å². The van der Waals surface area contributed by atoms with E-state index in [0.29, 0.717) is 16.6 Å². The van der Waals surface area contributed by atoms with Gasteiger partial charge in [0.25, 0.3) is 0 Å². The Kier molecular flexibility index (Phi) is 2.75. The van der Waals surface area contributed by atoms with Crippen LogP contribution in [0.4, 0.5) is 5.82 Å². The third-order valence-electron chi connectivity index (χ3n) is 2.38. The largest absolute Gasteiger partial charge is 0.495 e. The number of halogens is 1. The molecule has 0 saturated heterocycles. The molecule has 0 bridgehead atoms. The van der Waals surface area contributed by atoms with Crippen molar-refractivity contribution in [3.63, 3.8) is 0 Å². The summed E-state index contributed by atoms with van der Waals surface area (Å²) >= 11 is 6.03. The van der Waals surface area contributed by atoms with Crippen molar-refractivity contribution >= 4 is 17.4 Å². The number of hydrogen-bond donors (Lipinski definition) is 1. The maximum absolute atomic E-state index is 6.03. The van der Waals surface area contributed by atoms with Crippen LogP contribution in [0.1, 0.15) is 5.56 Å². The van der Waals surface area contributed by atoms with Crippen molar-refractivity contribution < 1.29 is 4.74 Å². The zero-order valence-corrected chi connectivity index (χ0v) is 9.82. The van der Waals surface area contributed by atoms with E-state index < -0.39 is 0 Å². The minimum atomic E-state index is 0.535. The minimum Gasteiger partial charge on any atom is -0.495 e. The average molecular weight is 238 g/mol. The predicted molar refractivity (Wildman–Crippen MR) is 64.3 cm³/mol. The SMILES string of the molecule is COc1ccc(-n2ncc(C)c2N)cc1Cl. The third-order valence-corrected chi connectivity index (χ3v) is 2.67. The van der Waals surface area contributed by atoms with E-state index in [0.717, 1.165) is 11.3 Å². The van der Waals surface area contributed by atoms with Crippen LogP contribution >= 0.6 is 11.6 Å². The highest BCUT2D eigenvalue weighted by Gasteiger charge is 2.08. The predicted octanol–water partition coefficient (Wildman–Crippen LogP) is 2.42. The summed E-state index contributed by atoms with van der Waals surface area (Å²) in [7, 11) is 1.58. The summed E-state index contributed by atoms with van der Waals surface area (Å²) in [5.74, 6) is 1.24.